The molecular weight excluding hydrogens is 334 g/mol. The number of benzene rings is 2. The van der Waals surface area contributed by atoms with E-state index < -0.39 is 17.1 Å². The van der Waals surface area contributed by atoms with Crippen LogP contribution in [0, 0.1) is 13.8 Å². The SMILES string of the molecule is Cc1ccc(-n2c(O)c(C=Nc3ccc(O)cc3)c(=O)[nH]c2=O)c(C)c1. The summed E-state index contributed by atoms with van der Waals surface area (Å²) in [5, 5.41) is 19.8. The molecule has 132 valence electrons. The Morgan fingerprint density at radius 3 is 2.38 bits per heavy atom. The summed E-state index contributed by atoms with van der Waals surface area (Å²) in [5.41, 5.74) is 1.11. The van der Waals surface area contributed by atoms with Crippen molar-refractivity contribution in [3.63, 3.8) is 0 Å². The summed E-state index contributed by atoms with van der Waals surface area (Å²) in [7, 11) is 0. The summed E-state index contributed by atoms with van der Waals surface area (Å²) in [6, 6.07) is 11.4. The van der Waals surface area contributed by atoms with Gasteiger partial charge in [-0.2, -0.15) is 0 Å². The first kappa shape index (κ1) is 17.2. The van der Waals surface area contributed by atoms with Gasteiger partial charge in [-0.05, 0) is 49.7 Å². The maximum atomic E-state index is 12.2. The summed E-state index contributed by atoms with van der Waals surface area (Å²) >= 11 is 0. The van der Waals surface area contributed by atoms with E-state index in [1.807, 2.05) is 26.0 Å². The highest BCUT2D eigenvalue weighted by molar-refractivity contribution is 5.84. The zero-order valence-corrected chi connectivity index (χ0v) is 14.2. The number of phenolic OH excluding ortho intramolecular Hbond substituents is 1. The highest BCUT2D eigenvalue weighted by atomic mass is 16.3. The molecule has 7 heteroatoms. The monoisotopic (exact) mass is 351 g/mol. The van der Waals surface area contributed by atoms with Gasteiger partial charge in [0.1, 0.15) is 11.3 Å². The van der Waals surface area contributed by atoms with E-state index in [4.69, 9.17) is 0 Å². The molecule has 3 aromatic rings. The van der Waals surface area contributed by atoms with Gasteiger partial charge in [0.25, 0.3) is 5.56 Å². The number of phenols is 1. The van der Waals surface area contributed by atoms with E-state index in [2.05, 4.69) is 9.98 Å². The minimum Gasteiger partial charge on any atom is -0.508 e. The van der Waals surface area contributed by atoms with Crippen molar-refractivity contribution in [1.29, 1.82) is 0 Å². The number of rotatable bonds is 3. The van der Waals surface area contributed by atoms with Gasteiger partial charge in [-0.25, -0.2) is 9.36 Å². The standard InChI is InChI=1S/C19H17N3O4/c1-11-3-8-16(12(2)9-11)22-18(25)15(17(24)21-19(22)26)10-20-13-4-6-14(23)7-5-13/h3-10,23,25H,1-2H3,(H,21,24,26). The molecule has 0 radical (unpaired) electrons. The highest BCUT2D eigenvalue weighted by Gasteiger charge is 2.15. The van der Waals surface area contributed by atoms with Crippen LogP contribution in [0.2, 0.25) is 0 Å². The molecular formula is C19H17N3O4. The Labute approximate surface area is 148 Å². The Morgan fingerprint density at radius 1 is 1.04 bits per heavy atom. The molecule has 0 unspecified atom stereocenters. The lowest BCUT2D eigenvalue weighted by Crippen LogP contribution is -2.31. The molecule has 1 aromatic heterocycles. The molecule has 26 heavy (non-hydrogen) atoms. The van der Waals surface area contributed by atoms with Crippen molar-refractivity contribution in [2.24, 2.45) is 4.99 Å². The van der Waals surface area contributed by atoms with E-state index in [0.29, 0.717) is 11.4 Å². The Morgan fingerprint density at radius 2 is 1.73 bits per heavy atom. The van der Waals surface area contributed by atoms with Crippen LogP contribution in [0.3, 0.4) is 0 Å². The third-order valence-electron chi connectivity index (χ3n) is 3.91. The summed E-state index contributed by atoms with van der Waals surface area (Å²) in [6.07, 6.45) is 1.18. The smallest absolute Gasteiger partial charge is 0.335 e. The van der Waals surface area contributed by atoms with Gasteiger partial charge in [0.2, 0.25) is 5.88 Å². The molecule has 1 heterocycles. The van der Waals surface area contributed by atoms with Crippen molar-refractivity contribution >= 4 is 11.9 Å². The first-order valence-electron chi connectivity index (χ1n) is 7.86. The van der Waals surface area contributed by atoms with Crippen molar-refractivity contribution < 1.29 is 10.2 Å². The topological polar surface area (TPSA) is 108 Å². The number of nitrogens with one attached hydrogen (secondary N) is 1. The van der Waals surface area contributed by atoms with Gasteiger partial charge in [-0.1, -0.05) is 17.7 Å². The number of aromatic hydroxyl groups is 2. The Bertz CT molecular complexity index is 1110. The van der Waals surface area contributed by atoms with Crippen LogP contribution in [0.5, 0.6) is 11.6 Å². The first-order valence-corrected chi connectivity index (χ1v) is 7.86. The molecule has 0 atom stereocenters. The van der Waals surface area contributed by atoms with Crippen LogP contribution in [0.1, 0.15) is 16.7 Å². The van der Waals surface area contributed by atoms with E-state index >= 15 is 0 Å². The number of aliphatic imine (C=N–C) groups is 1. The summed E-state index contributed by atoms with van der Waals surface area (Å²) in [6.45, 7) is 3.73. The third-order valence-corrected chi connectivity index (χ3v) is 3.91. The fourth-order valence-corrected chi connectivity index (χ4v) is 2.61. The fraction of sp³-hybridized carbons (Fsp3) is 0.105. The molecule has 7 nitrogen and oxygen atoms in total. The Kier molecular flexibility index (Phi) is 4.45. The number of nitrogens with zero attached hydrogens (tertiary/aromatic N) is 2. The van der Waals surface area contributed by atoms with Gasteiger partial charge in [-0.15, -0.1) is 0 Å². The Balaban J connectivity index is 2.14. The maximum Gasteiger partial charge on any atom is 0.335 e. The maximum absolute atomic E-state index is 12.2. The van der Waals surface area contributed by atoms with E-state index in [0.717, 1.165) is 15.7 Å². The van der Waals surface area contributed by atoms with Crippen molar-refractivity contribution in [3.05, 3.63) is 80.0 Å². The van der Waals surface area contributed by atoms with Crippen molar-refractivity contribution in [2.45, 2.75) is 13.8 Å². The molecule has 0 aliphatic heterocycles. The van der Waals surface area contributed by atoms with Crippen LogP contribution in [0.25, 0.3) is 5.69 Å². The zero-order chi connectivity index (χ0) is 18.8. The number of H-pyrrole nitrogens is 1. The summed E-state index contributed by atoms with van der Waals surface area (Å²) < 4.78 is 1.04. The summed E-state index contributed by atoms with van der Waals surface area (Å²) in [5.74, 6) is -0.402. The molecule has 0 bridgehead atoms. The second-order valence-corrected chi connectivity index (χ2v) is 5.90. The number of hydrogen-bond acceptors (Lipinski definition) is 5. The molecule has 0 spiro atoms. The van der Waals surface area contributed by atoms with Crippen molar-refractivity contribution in [2.75, 3.05) is 0 Å². The van der Waals surface area contributed by atoms with Gasteiger partial charge >= 0.3 is 5.69 Å². The quantitative estimate of drug-likeness (QED) is 0.629. The molecule has 3 N–H and O–H groups in total. The molecule has 3 rings (SSSR count). The minimum absolute atomic E-state index is 0.0908. The van der Waals surface area contributed by atoms with Crippen LogP contribution >= 0.6 is 0 Å². The predicted molar refractivity (Wildman–Crippen MR) is 99.2 cm³/mol. The van der Waals surface area contributed by atoms with Crippen LogP contribution < -0.4 is 11.2 Å². The number of aryl methyl sites for hydroxylation is 2. The number of aromatic amines is 1. The largest absolute Gasteiger partial charge is 0.508 e. The normalized spacial score (nSPS) is 11.2. The molecule has 0 aliphatic rings. The van der Waals surface area contributed by atoms with Crippen LogP contribution in [0.15, 0.2) is 57.0 Å². The molecule has 0 saturated carbocycles. The van der Waals surface area contributed by atoms with E-state index in [1.165, 1.54) is 18.3 Å². The first-order chi connectivity index (χ1) is 12.4. The van der Waals surface area contributed by atoms with Crippen LogP contribution in [-0.2, 0) is 0 Å². The van der Waals surface area contributed by atoms with E-state index in [9.17, 15) is 19.8 Å². The lowest BCUT2D eigenvalue weighted by Gasteiger charge is -2.12. The molecule has 0 amide bonds. The van der Waals surface area contributed by atoms with E-state index in [1.54, 1.807) is 18.2 Å². The van der Waals surface area contributed by atoms with Crippen molar-refractivity contribution in [1.82, 2.24) is 9.55 Å². The zero-order valence-electron chi connectivity index (χ0n) is 14.2. The van der Waals surface area contributed by atoms with Crippen LogP contribution in [-0.4, -0.2) is 26.0 Å². The second-order valence-electron chi connectivity index (χ2n) is 5.90. The lowest BCUT2D eigenvalue weighted by atomic mass is 10.1. The van der Waals surface area contributed by atoms with Gasteiger partial charge in [0, 0.05) is 6.21 Å². The van der Waals surface area contributed by atoms with Gasteiger partial charge < -0.3 is 10.2 Å². The molecule has 0 aliphatic carbocycles. The molecule has 0 saturated heterocycles. The predicted octanol–water partition coefficient (Wildman–Crippen LogP) is 2.30. The average molecular weight is 351 g/mol. The van der Waals surface area contributed by atoms with Gasteiger partial charge in [0.05, 0.1) is 11.4 Å². The minimum atomic E-state index is -0.740. The lowest BCUT2D eigenvalue weighted by molar-refractivity contribution is 0.430. The van der Waals surface area contributed by atoms with Crippen molar-refractivity contribution in [3.8, 4) is 17.3 Å². The fourth-order valence-electron chi connectivity index (χ4n) is 2.61. The summed E-state index contributed by atoms with van der Waals surface area (Å²) in [4.78, 5) is 30.6. The number of hydrogen-bond donors (Lipinski definition) is 3. The van der Waals surface area contributed by atoms with Gasteiger partial charge in [-0.3, -0.25) is 14.8 Å². The Hall–Kier alpha value is -3.61. The number of aromatic nitrogens is 2. The van der Waals surface area contributed by atoms with Crippen LogP contribution in [0.4, 0.5) is 5.69 Å². The van der Waals surface area contributed by atoms with Gasteiger partial charge in [0.15, 0.2) is 0 Å². The molecule has 0 fully saturated rings. The average Bonchev–Trinajstić information content (AvgIpc) is 2.58. The molecule has 2 aromatic carbocycles. The third kappa shape index (κ3) is 3.27. The van der Waals surface area contributed by atoms with E-state index in [-0.39, 0.29) is 11.3 Å². The highest BCUT2D eigenvalue weighted by Crippen LogP contribution is 2.21. The second kappa shape index (κ2) is 6.72.